The molecule has 2 aromatic carbocycles. The molecule has 0 radical (unpaired) electrons. The van der Waals surface area contributed by atoms with Gasteiger partial charge in [-0.3, -0.25) is 14.5 Å². The molecule has 3 rings (SSSR count). The maximum Gasteiger partial charge on any atom is 0.293 e. The Kier molecular flexibility index (Phi) is 6.70. The highest BCUT2D eigenvalue weighted by Crippen LogP contribution is 2.39. The van der Waals surface area contributed by atoms with E-state index in [0.29, 0.717) is 27.5 Å². The average Bonchev–Trinajstić information content (AvgIpc) is 3.00. The van der Waals surface area contributed by atoms with Crippen LogP contribution in [-0.2, 0) is 11.4 Å². The highest BCUT2D eigenvalue weighted by atomic mass is 35.5. The first kappa shape index (κ1) is 21.8. The van der Waals surface area contributed by atoms with Crippen molar-refractivity contribution in [1.82, 2.24) is 4.90 Å². The molecule has 1 fully saturated rings. The zero-order chi connectivity index (χ0) is 21.8. The summed E-state index contributed by atoms with van der Waals surface area (Å²) in [4.78, 5) is 26.1. The molecule has 30 heavy (non-hydrogen) atoms. The molecule has 0 saturated carbocycles. The van der Waals surface area contributed by atoms with Gasteiger partial charge < -0.3 is 9.47 Å². The van der Waals surface area contributed by atoms with E-state index in [9.17, 15) is 14.9 Å². The van der Waals surface area contributed by atoms with Crippen molar-refractivity contribution >= 4 is 40.6 Å². The number of halogens is 1. The number of imide groups is 1. The average molecular weight is 443 g/mol. The van der Waals surface area contributed by atoms with E-state index in [1.807, 2.05) is 6.07 Å². The summed E-state index contributed by atoms with van der Waals surface area (Å²) in [6, 6.07) is 12.4. The topological polar surface area (TPSA) is 79.6 Å². The van der Waals surface area contributed by atoms with Crippen LogP contribution in [0.25, 0.3) is 6.08 Å². The molecule has 1 aliphatic heterocycles. The lowest BCUT2D eigenvalue weighted by Crippen LogP contribution is -2.34. The molecule has 1 aliphatic rings. The summed E-state index contributed by atoms with van der Waals surface area (Å²) in [5.41, 5.74) is 1.85. The number of carbonyl (C=O) groups is 2. The molecule has 1 heterocycles. The van der Waals surface area contributed by atoms with Crippen molar-refractivity contribution in [3.8, 4) is 17.6 Å². The molecule has 2 amide bonds. The van der Waals surface area contributed by atoms with Gasteiger partial charge in [-0.25, -0.2) is 0 Å². The van der Waals surface area contributed by atoms with Crippen LogP contribution in [0.15, 0.2) is 41.3 Å². The zero-order valence-electron chi connectivity index (χ0n) is 16.6. The van der Waals surface area contributed by atoms with E-state index in [4.69, 9.17) is 21.1 Å². The second-order valence-electron chi connectivity index (χ2n) is 6.74. The molecule has 0 N–H and O–H groups in total. The predicted octanol–water partition coefficient (Wildman–Crippen LogP) is 5.24. The summed E-state index contributed by atoms with van der Waals surface area (Å²) in [6.07, 6.45) is 1.61. The molecule has 1 saturated heterocycles. The van der Waals surface area contributed by atoms with Crippen LogP contribution in [0.5, 0.6) is 11.5 Å². The van der Waals surface area contributed by atoms with E-state index in [-0.39, 0.29) is 28.8 Å². The predicted molar refractivity (Wildman–Crippen MR) is 116 cm³/mol. The van der Waals surface area contributed by atoms with Crippen molar-refractivity contribution in [2.45, 2.75) is 26.5 Å². The van der Waals surface area contributed by atoms with Gasteiger partial charge in [0.1, 0.15) is 6.61 Å². The molecule has 0 aliphatic carbocycles. The minimum absolute atomic E-state index is 0.145. The molecule has 0 unspecified atom stereocenters. The van der Waals surface area contributed by atoms with Crippen molar-refractivity contribution in [3.63, 3.8) is 0 Å². The van der Waals surface area contributed by atoms with Crippen molar-refractivity contribution in [2.75, 3.05) is 7.11 Å². The SMILES string of the molecule is COc1cc(/C=C2/SC(=O)N(C(C)C)C2=O)cc(Cl)c1OCc1ccccc1C#N. The number of methoxy groups -OCH3 is 1. The maximum absolute atomic E-state index is 12.5. The van der Waals surface area contributed by atoms with E-state index in [0.717, 1.165) is 17.3 Å². The standard InChI is InChI=1S/C22H19ClN2O4S/c1-13(2)25-21(26)19(30-22(25)27)10-14-8-17(23)20(18(9-14)28-3)29-12-16-7-5-4-6-15(16)11-24/h4-10,13H,12H2,1-3H3/b19-10+. The van der Waals surface area contributed by atoms with Gasteiger partial charge in [-0.15, -0.1) is 0 Å². The van der Waals surface area contributed by atoms with Gasteiger partial charge in [0.2, 0.25) is 0 Å². The van der Waals surface area contributed by atoms with E-state index >= 15 is 0 Å². The second-order valence-corrected chi connectivity index (χ2v) is 8.14. The van der Waals surface area contributed by atoms with E-state index < -0.39 is 0 Å². The highest BCUT2D eigenvalue weighted by molar-refractivity contribution is 8.18. The lowest BCUT2D eigenvalue weighted by molar-refractivity contribution is -0.123. The summed E-state index contributed by atoms with van der Waals surface area (Å²) in [5, 5.41) is 9.21. The number of hydrogen-bond donors (Lipinski definition) is 0. The minimum Gasteiger partial charge on any atom is -0.493 e. The molecule has 8 heteroatoms. The summed E-state index contributed by atoms with van der Waals surface area (Å²) >= 11 is 7.31. The van der Waals surface area contributed by atoms with Crippen molar-refractivity contribution in [1.29, 1.82) is 5.26 Å². The van der Waals surface area contributed by atoms with E-state index in [1.54, 1.807) is 50.3 Å². The largest absolute Gasteiger partial charge is 0.493 e. The molecular weight excluding hydrogens is 424 g/mol. The van der Waals surface area contributed by atoms with Crippen LogP contribution in [0.1, 0.15) is 30.5 Å². The third-order valence-electron chi connectivity index (χ3n) is 4.40. The normalized spacial score (nSPS) is 15.1. The van der Waals surface area contributed by atoms with Crippen LogP contribution in [-0.4, -0.2) is 29.2 Å². The Labute approximate surface area is 184 Å². The molecule has 6 nitrogen and oxygen atoms in total. The number of thioether (sulfide) groups is 1. The molecule has 0 aromatic heterocycles. The van der Waals surface area contributed by atoms with Crippen LogP contribution >= 0.6 is 23.4 Å². The second kappa shape index (κ2) is 9.24. The van der Waals surface area contributed by atoms with Crippen LogP contribution in [0, 0.1) is 11.3 Å². The number of ether oxygens (including phenoxy) is 2. The van der Waals surface area contributed by atoms with E-state index in [1.165, 1.54) is 12.0 Å². The van der Waals surface area contributed by atoms with Crippen LogP contribution in [0.3, 0.4) is 0 Å². The summed E-state index contributed by atoms with van der Waals surface area (Å²) in [6.45, 7) is 3.72. The fourth-order valence-electron chi connectivity index (χ4n) is 2.94. The van der Waals surface area contributed by atoms with Gasteiger partial charge >= 0.3 is 0 Å². The molecule has 2 aromatic rings. The Balaban J connectivity index is 1.87. The first-order chi connectivity index (χ1) is 14.3. The number of benzene rings is 2. The third-order valence-corrected chi connectivity index (χ3v) is 5.56. The number of nitrogens with zero attached hydrogens (tertiary/aromatic N) is 2. The Morgan fingerprint density at radius 3 is 2.63 bits per heavy atom. The van der Waals surface area contributed by atoms with Gasteiger partial charge in [0.15, 0.2) is 11.5 Å². The third kappa shape index (κ3) is 4.45. The number of rotatable bonds is 6. The quantitative estimate of drug-likeness (QED) is 0.569. The fourth-order valence-corrected chi connectivity index (χ4v) is 4.18. The zero-order valence-corrected chi connectivity index (χ0v) is 18.2. The number of amides is 2. The number of nitriles is 1. The fraction of sp³-hybridized carbons (Fsp3) is 0.227. The van der Waals surface area contributed by atoms with Crippen LogP contribution in [0.2, 0.25) is 5.02 Å². The van der Waals surface area contributed by atoms with Gasteiger partial charge in [-0.2, -0.15) is 5.26 Å². The number of carbonyl (C=O) groups excluding carboxylic acids is 2. The van der Waals surface area contributed by atoms with Crippen molar-refractivity contribution in [2.24, 2.45) is 0 Å². The van der Waals surface area contributed by atoms with Gasteiger partial charge in [0.25, 0.3) is 11.1 Å². The first-order valence-electron chi connectivity index (χ1n) is 9.11. The molecular formula is C22H19ClN2O4S. The Morgan fingerprint density at radius 1 is 1.27 bits per heavy atom. The Bertz CT molecular complexity index is 1080. The summed E-state index contributed by atoms with van der Waals surface area (Å²) < 4.78 is 11.2. The Morgan fingerprint density at radius 2 is 2.00 bits per heavy atom. The van der Waals surface area contributed by atoms with Gasteiger partial charge in [-0.1, -0.05) is 29.8 Å². The van der Waals surface area contributed by atoms with Crippen LogP contribution in [0.4, 0.5) is 4.79 Å². The maximum atomic E-state index is 12.5. The number of hydrogen-bond acceptors (Lipinski definition) is 6. The van der Waals surface area contributed by atoms with Gasteiger partial charge in [0.05, 0.1) is 28.7 Å². The van der Waals surface area contributed by atoms with E-state index in [2.05, 4.69) is 6.07 Å². The molecule has 154 valence electrons. The van der Waals surface area contributed by atoms with Gasteiger partial charge in [0, 0.05) is 11.6 Å². The lowest BCUT2D eigenvalue weighted by Gasteiger charge is -2.16. The first-order valence-corrected chi connectivity index (χ1v) is 10.3. The highest BCUT2D eigenvalue weighted by Gasteiger charge is 2.36. The lowest BCUT2D eigenvalue weighted by atomic mass is 10.1. The molecule has 0 bridgehead atoms. The van der Waals surface area contributed by atoms with Crippen molar-refractivity contribution < 1.29 is 19.1 Å². The van der Waals surface area contributed by atoms with Crippen molar-refractivity contribution in [3.05, 3.63) is 63.0 Å². The van der Waals surface area contributed by atoms with Gasteiger partial charge in [-0.05, 0) is 55.4 Å². The smallest absolute Gasteiger partial charge is 0.293 e. The van der Waals surface area contributed by atoms with Crippen LogP contribution < -0.4 is 9.47 Å². The molecule has 0 atom stereocenters. The minimum atomic E-state index is -0.330. The summed E-state index contributed by atoms with van der Waals surface area (Å²) in [7, 11) is 1.48. The monoisotopic (exact) mass is 442 g/mol. The molecule has 0 spiro atoms. The Hall–Kier alpha value is -2.95. The summed E-state index contributed by atoms with van der Waals surface area (Å²) in [5.74, 6) is 0.383.